The van der Waals surface area contributed by atoms with Crippen molar-refractivity contribution in [2.24, 2.45) is 0 Å². The van der Waals surface area contributed by atoms with E-state index >= 15 is 0 Å². The van der Waals surface area contributed by atoms with Gasteiger partial charge in [-0.15, -0.1) is 0 Å². The van der Waals surface area contributed by atoms with Crippen LogP contribution in [-0.2, 0) is 5.41 Å². The van der Waals surface area contributed by atoms with Crippen LogP contribution in [0, 0.1) is 5.82 Å². The fraction of sp³-hybridized carbons (Fsp3) is 0.316. The molecule has 0 aromatic heterocycles. The van der Waals surface area contributed by atoms with Gasteiger partial charge < -0.3 is 15.4 Å². The van der Waals surface area contributed by atoms with Crippen LogP contribution in [0.25, 0.3) is 0 Å². The second-order valence-corrected chi connectivity index (χ2v) is 6.51. The third kappa shape index (κ3) is 5.57. The Bertz CT molecular complexity index is 661. The minimum atomic E-state index is -0.308. The summed E-state index contributed by atoms with van der Waals surface area (Å²) in [5, 5.41) is 5.48. The molecule has 24 heavy (non-hydrogen) atoms. The van der Waals surface area contributed by atoms with E-state index in [1.54, 1.807) is 12.1 Å². The summed E-state index contributed by atoms with van der Waals surface area (Å²) >= 11 is 0. The molecule has 0 heterocycles. The van der Waals surface area contributed by atoms with Gasteiger partial charge in [-0.3, -0.25) is 0 Å². The predicted octanol–water partition coefficient (Wildman–Crippen LogP) is 4.32. The molecule has 4 nitrogen and oxygen atoms in total. The number of benzene rings is 2. The van der Waals surface area contributed by atoms with E-state index in [9.17, 15) is 9.18 Å². The number of hydrogen-bond acceptors (Lipinski definition) is 2. The Morgan fingerprint density at radius 2 is 1.67 bits per heavy atom. The van der Waals surface area contributed by atoms with Crippen molar-refractivity contribution >= 4 is 11.7 Å². The highest BCUT2D eigenvalue weighted by atomic mass is 19.1. The number of carbonyl (C=O) groups is 1. The van der Waals surface area contributed by atoms with Crippen LogP contribution in [0.15, 0.2) is 48.5 Å². The number of nitrogens with one attached hydrogen (secondary N) is 2. The molecule has 2 amide bonds. The molecule has 0 aliphatic rings. The zero-order valence-corrected chi connectivity index (χ0v) is 14.2. The minimum Gasteiger partial charge on any atom is -0.492 e. The highest BCUT2D eigenvalue weighted by Crippen LogP contribution is 2.23. The number of hydrogen-bond donors (Lipinski definition) is 2. The molecule has 2 aromatic rings. The molecule has 0 radical (unpaired) electrons. The number of urea groups is 1. The molecular formula is C19H23FN2O2. The van der Waals surface area contributed by atoms with Gasteiger partial charge in [-0.05, 0) is 47.4 Å². The van der Waals surface area contributed by atoms with Crippen LogP contribution in [0.5, 0.6) is 5.75 Å². The third-order valence-corrected chi connectivity index (χ3v) is 3.48. The lowest BCUT2D eigenvalue weighted by Gasteiger charge is -2.19. The number of carbonyl (C=O) groups excluding carboxylic acids is 1. The van der Waals surface area contributed by atoms with E-state index in [1.807, 2.05) is 24.3 Å². The Morgan fingerprint density at radius 3 is 2.25 bits per heavy atom. The van der Waals surface area contributed by atoms with E-state index in [1.165, 1.54) is 17.7 Å². The summed E-state index contributed by atoms with van der Waals surface area (Å²) in [5.41, 5.74) is 2.03. The molecule has 0 aliphatic heterocycles. The van der Waals surface area contributed by atoms with E-state index in [0.717, 1.165) is 5.69 Å². The van der Waals surface area contributed by atoms with Crippen LogP contribution < -0.4 is 15.4 Å². The maximum absolute atomic E-state index is 12.8. The summed E-state index contributed by atoms with van der Waals surface area (Å²) in [7, 11) is 0. The van der Waals surface area contributed by atoms with E-state index < -0.39 is 0 Å². The van der Waals surface area contributed by atoms with Crippen LogP contribution in [0.2, 0.25) is 0 Å². The standard InChI is InChI=1S/C19H23FN2O2/c1-19(2,3)14-4-8-16(9-5-14)22-18(23)21-12-13-24-17-10-6-15(20)7-11-17/h4-11H,12-13H2,1-3H3,(H2,21,22,23). The summed E-state index contributed by atoms with van der Waals surface area (Å²) < 4.78 is 18.2. The van der Waals surface area contributed by atoms with Crippen molar-refractivity contribution in [1.82, 2.24) is 5.32 Å². The monoisotopic (exact) mass is 330 g/mol. The average molecular weight is 330 g/mol. The fourth-order valence-electron chi connectivity index (χ4n) is 2.09. The Kier molecular flexibility index (Phi) is 5.79. The molecule has 0 bridgehead atoms. The second kappa shape index (κ2) is 7.81. The molecular weight excluding hydrogens is 307 g/mol. The quantitative estimate of drug-likeness (QED) is 0.802. The smallest absolute Gasteiger partial charge is 0.319 e. The zero-order valence-electron chi connectivity index (χ0n) is 14.2. The van der Waals surface area contributed by atoms with Crippen molar-refractivity contribution in [1.29, 1.82) is 0 Å². The molecule has 0 atom stereocenters. The van der Waals surface area contributed by atoms with E-state index in [-0.39, 0.29) is 17.3 Å². The molecule has 2 aromatic carbocycles. The molecule has 0 fully saturated rings. The van der Waals surface area contributed by atoms with Gasteiger partial charge in [0.1, 0.15) is 18.2 Å². The lowest BCUT2D eigenvalue weighted by atomic mass is 9.87. The molecule has 0 saturated carbocycles. The first-order chi connectivity index (χ1) is 11.3. The Labute approximate surface area is 142 Å². The van der Waals surface area contributed by atoms with Crippen LogP contribution in [-0.4, -0.2) is 19.2 Å². The highest BCUT2D eigenvalue weighted by Gasteiger charge is 2.13. The molecule has 128 valence electrons. The topological polar surface area (TPSA) is 50.4 Å². The van der Waals surface area contributed by atoms with Gasteiger partial charge in [-0.25, -0.2) is 9.18 Å². The summed E-state index contributed by atoms with van der Waals surface area (Å²) in [6.45, 7) is 7.08. The van der Waals surface area contributed by atoms with Crippen molar-refractivity contribution in [3.8, 4) is 5.75 Å². The largest absolute Gasteiger partial charge is 0.492 e. The maximum Gasteiger partial charge on any atom is 0.319 e. The Morgan fingerprint density at radius 1 is 1.04 bits per heavy atom. The second-order valence-electron chi connectivity index (χ2n) is 6.51. The Hall–Kier alpha value is -2.56. The normalized spacial score (nSPS) is 11.0. The molecule has 2 N–H and O–H groups in total. The first-order valence-corrected chi connectivity index (χ1v) is 7.88. The van der Waals surface area contributed by atoms with E-state index in [2.05, 4.69) is 31.4 Å². The lowest BCUT2D eigenvalue weighted by Crippen LogP contribution is -2.32. The first-order valence-electron chi connectivity index (χ1n) is 7.88. The van der Waals surface area contributed by atoms with E-state index in [0.29, 0.717) is 18.9 Å². The van der Waals surface area contributed by atoms with E-state index in [4.69, 9.17) is 4.74 Å². The number of ether oxygens (including phenoxy) is 1. The van der Waals surface area contributed by atoms with Gasteiger partial charge in [0.25, 0.3) is 0 Å². The Balaban J connectivity index is 1.72. The van der Waals surface area contributed by atoms with Gasteiger partial charge in [0.2, 0.25) is 0 Å². The predicted molar refractivity (Wildman–Crippen MR) is 94.1 cm³/mol. The van der Waals surface area contributed by atoms with Crippen molar-refractivity contribution in [3.63, 3.8) is 0 Å². The number of anilines is 1. The van der Waals surface area contributed by atoms with Crippen molar-refractivity contribution in [2.45, 2.75) is 26.2 Å². The SMILES string of the molecule is CC(C)(C)c1ccc(NC(=O)NCCOc2ccc(F)cc2)cc1. The minimum absolute atomic E-state index is 0.0818. The fourth-order valence-corrected chi connectivity index (χ4v) is 2.09. The number of rotatable bonds is 5. The van der Waals surface area contributed by atoms with Gasteiger partial charge in [-0.2, -0.15) is 0 Å². The van der Waals surface area contributed by atoms with Gasteiger partial charge in [0.15, 0.2) is 0 Å². The average Bonchev–Trinajstić information content (AvgIpc) is 2.53. The molecule has 0 aliphatic carbocycles. The molecule has 0 unspecified atom stereocenters. The van der Waals surface area contributed by atoms with Gasteiger partial charge in [-0.1, -0.05) is 32.9 Å². The number of halogens is 1. The first kappa shape index (κ1) is 17.8. The van der Waals surface area contributed by atoms with Crippen LogP contribution in [0.1, 0.15) is 26.3 Å². The van der Waals surface area contributed by atoms with Gasteiger partial charge in [0.05, 0.1) is 6.54 Å². The van der Waals surface area contributed by atoms with Crippen LogP contribution >= 0.6 is 0 Å². The summed E-state index contributed by atoms with van der Waals surface area (Å²) in [6.07, 6.45) is 0. The molecule has 0 saturated heterocycles. The molecule has 0 spiro atoms. The highest BCUT2D eigenvalue weighted by molar-refractivity contribution is 5.89. The van der Waals surface area contributed by atoms with Crippen molar-refractivity contribution < 1.29 is 13.9 Å². The summed E-state index contributed by atoms with van der Waals surface area (Å²) in [6, 6.07) is 13.2. The summed E-state index contributed by atoms with van der Waals surface area (Å²) in [4.78, 5) is 11.8. The van der Waals surface area contributed by atoms with Gasteiger partial charge in [0, 0.05) is 5.69 Å². The van der Waals surface area contributed by atoms with Crippen LogP contribution in [0.4, 0.5) is 14.9 Å². The molecule has 2 rings (SSSR count). The maximum atomic E-state index is 12.8. The van der Waals surface area contributed by atoms with Gasteiger partial charge >= 0.3 is 6.03 Å². The lowest BCUT2D eigenvalue weighted by molar-refractivity contribution is 0.247. The van der Waals surface area contributed by atoms with Crippen LogP contribution in [0.3, 0.4) is 0 Å². The molecule has 5 heteroatoms. The zero-order chi connectivity index (χ0) is 17.6. The van der Waals surface area contributed by atoms with Crippen molar-refractivity contribution in [2.75, 3.05) is 18.5 Å². The third-order valence-electron chi connectivity index (χ3n) is 3.48. The number of amides is 2. The van der Waals surface area contributed by atoms with Crippen molar-refractivity contribution in [3.05, 3.63) is 59.9 Å². The summed E-state index contributed by atoms with van der Waals surface area (Å²) in [5.74, 6) is 0.258.